The van der Waals surface area contributed by atoms with Gasteiger partial charge in [0.05, 0.1) is 13.2 Å². The first-order valence-corrected chi connectivity index (χ1v) is 11.0. The van der Waals surface area contributed by atoms with Crippen LogP contribution < -0.4 is 9.47 Å². The number of hydrogen-bond acceptors (Lipinski definition) is 8. The Bertz CT molecular complexity index is 1050. The molecule has 0 spiro atoms. The van der Waals surface area contributed by atoms with Crippen molar-refractivity contribution in [2.24, 2.45) is 0 Å². The average molecular weight is 481 g/mol. The monoisotopic (exact) mass is 480 g/mol. The summed E-state index contributed by atoms with van der Waals surface area (Å²) in [5.41, 5.74) is 0.775. The van der Waals surface area contributed by atoms with E-state index in [9.17, 15) is 19.2 Å². The van der Waals surface area contributed by atoms with Crippen molar-refractivity contribution >= 4 is 35.7 Å². The smallest absolute Gasteiger partial charge is 0.341 e. The molecule has 2 aromatic carbocycles. The Labute approximate surface area is 204 Å². The van der Waals surface area contributed by atoms with Gasteiger partial charge in [-0.1, -0.05) is 36.4 Å². The van der Waals surface area contributed by atoms with Crippen molar-refractivity contribution in [2.45, 2.75) is 27.7 Å². The molecule has 0 fully saturated rings. The van der Waals surface area contributed by atoms with Crippen LogP contribution in [0.5, 0.6) is 11.5 Å². The van der Waals surface area contributed by atoms with Crippen LogP contribution in [-0.2, 0) is 28.7 Å². The molecule has 0 saturated carbocycles. The molecule has 0 aliphatic heterocycles. The van der Waals surface area contributed by atoms with E-state index >= 15 is 0 Å². The lowest BCUT2D eigenvalue weighted by Crippen LogP contribution is -2.14. The summed E-state index contributed by atoms with van der Waals surface area (Å²) in [4.78, 5) is 48.1. The quantitative estimate of drug-likeness (QED) is 0.147. The first-order valence-electron chi connectivity index (χ1n) is 11.0. The molecule has 0 unspecified atom stereocenters. The number of ketones is 2. The van der Waals surface area contributed by atoms with Gasteiger partial charge in [0.1, 0.15) is 22.6 Å². The number of carbonyl (C=O) groups excluding carboxylic acids is 4. The van der Waals surface area contributed by atoms with Crippen molar-refractivity contribution in [1.29, 1.82) is 0 Å². The van der Waals surface area contributed by atoms with Crippen LogP contribution in [0, 0.1) is 0 Å². The van der Waals surface area contributed by atoms with Gasteiger partial charge in [0.15, 0.2) is 11.6 Å². The number of para-hydroxylation sites is 2. The molecule has 0 aromatic heterocycles. The van der Waals surface area contributed by atoms with E-state index in [2.05, 4.69) is 0 Å². The molecular weight excluding hydrogens is 452 g/mol. The van der Waals surface area contributed by atoms with E-state index in [0.717, 1.165) is 0 Å². The summed E-state index contributed by atoms with van der Waals surface area (Å²) < 4.78 is 21.4. The van der Waals surface area contributed by atoms with Gasteiger partial charge in [-0.15, -0.1) is 0 Å². The van der Waals surface area contributed by atoms with Crippen molar-refractivity contribution in [3.63, 3.8) is 0 Å². The van der Waals surface area contributed by atoms with E-state index in [4.69, 9.17) is 18.9 Å². The van der Waals surface area contributed by atoms with Gasteiger partial charge in [0.25, 0.3) is 0 Å². The van der Waals surface area contributed by atoms with Crippen molar-refractivity contribution in [2.75, 3.05) is 20.0 Å². The molecule has 0 radical (unpaired) electrons. The zero-order chi connectivity index (χ0) is 25.8. The number of esters is 2. The summed E-state index contributed by atoms with van der Waals surface area (Å²) in [5, 5.41) is 0. The van der Waals surface area contributed by atoms with Crippen LogP contribution in [-0.4, -0.2) is 43.5 Å². The van der Waals surface area contributed by atoms with Gasteiger partial charge in [-0.3, -0.25) is 9.59 Å². The van der Waals surface area contributed by atoms with Gasteiger partial charge < -0.3 is 18.9 Å². The Hall–Kier alpha value is -4.20. The molecule has 0 saturated heterocycles. The van der Waals surface area contributed by atoms with E-state index in [-0.39, 0.29) is 31.2 Å². The Balaban J connectivity index is 2.24. The first-order chi connectivity index (χ1) is 16.8. The number of hydrogen-bond donors (Lipinski definition) is 0. The molecule has 8 heteroatoms. The third-order valence-corrected chi connectivity index (χ3v) is 4.62. The zero-order valence-electron chi connectivity index (χ0n) is 20.2. The summed E-state index contributed by atoms with van der Waals surface area (Å²) in [6.07, 6.45) is 2.82. The van der Waals surface area contributed by atoms with E-state index in [1.807, 2.05) is 0 Å². The molecule has 0 aliphatic carbocycles. The largest absolute Gasteiger partial charge is 0.462 e. The highest BCUT2D eigenvalue weighted by molar-refractivity contribution is 6.20. The molecule has 0 N–H and O–H groups in total. The molecule has 0 bridgehead atoms. The molecule has 0 amide bonds. The summed E-state index contributed by atoms with van der Waals surface area (Å²) in [6.45, 7) is 5.94. The van der Waals surface area contributed by atoms with Crippen LogP contribution in [0.1, 0.15) is 38.8 Å². The topological polar surface area (TPSA) is 105 Å². The Kier molecular flexibility index (Phi) is 10.4. The van der Waals surface area contributed by atoms with Crippen LogP contribution in [0.15, 0.2) is 59.7 Å². The highest BCUT2D eigenvalue weighted by Gasteiger charge is 2.18. The fraction of sp³-hybridized carbons (Fsp3) is 0.259. The molecule has 0 aliphatic rings. The van der Waals surface area contributed by atoms with E-state index in [1.165, 1.54) is 26.0 Å². The van der Waals surface area contributed by atoms with E-state index in [0.29, 0.717) is 22.6 Å². The molecule has 0 atom stereocenters. The summed E-state index contributed by atoms with van der Waals surface area (Å²) in [6, 6.07) is 13.7. The Morgan fingerprint density at radius 3 is 1.37 bits per heavy atom. The van der Waals surface area contributed by atoms with Crippen molar-refractivity contribution in [3.05, 3.63) is 70.8 Å². The number of Topliss-reactive ketones (excluding diaryl/α,β-unsaturated/α-hetero) is 2. The molecule has 35 heavy (non-hydrogen) atoms. The van der Waals surface area contributed by atoms with Crippen LogP contribution in [0.25, 0.3) is 12.2 Å². The third kappa shape index (κ3) is 7.96. The van der Waals surface area contributed by atoms with Crippen molar-refractivity contribution in [3.8, 4) is 11.5 Å². The van der Waals surface area contributed by atoms with Crippen LogP contribution >= 0.6 is 0 Å². The van der Waals surface area contributed by atoms with Gasteiger partial charge in [-0.05, 0) is 52.0 Å². The lowest BCUT2D eigenvalue weighted by molar-refractivity contribution is -0.141. The highest BCUT2D eigenvalue weighted by atomic mass is 16.7. The van der Waals surface area contributed by atoms with Gasteiger partial charge >= 0.3 is 11.9 Å². The summed E-state index contributed by atoms with van der Waals surface area (Å²) in [5.74, 6) is -1.54. The molecule has 2 aromatic rings. The summed E-state index contributed by atoms with van der Waals surface area (Å²) in [7, 11) is 0. The maximum Gasteiger partial charge on any atom is 0.341 e. The number of benzene rings is 2. The minimum absolute atomic E-state index is 0.102. The predicted octanol–water partition coefficient (Wildman–Crippen LogP) is 4.17. The van der Waals surface area contributed by atoms with Crippen LogP contribution in [0.4, 0.5) is 0 Å². The second kappa shape index (κ2) is 13.5. The van der Waals surface area contributed by atoms with Gasteiger partial charge in [0, 0.05) is 11.1 Å². The minimum atomic E-state index is -0.713. The highest BCUT2D eigenvalue weighted by Crippen LogP contribution is 2.24. The van der Waals surface area contributed by atoms with Crippen molar-refractivity contribution in [1.82, 2.24) is 0 Å². The lowest BCUT2D eigenvalue weighted by atomic mass is 10.1. The maximum absolute atomic E-state index is 12.1. The maximum atomic E-state index is 12.1. The normalized spacial score (nSPS) is 11.4. The number of carbonyl (C=O) groups is 4. The average Bonchev–Trinajstić information content (AvgIpc) is 2.82. The van der Waals surface area contributed by atoms with Gasteiger partial charge in [0.2, 0.25) is 6.79 Å². The second-order valence-corrected chi connectivity index (χ2v) is 7.15. The standard InChI is InChI=1S/C27H28O8/c1-5-32-26(30)22(18(3)28)15-20-11-7-9-13-24(20)34-17-35-25-14-10-8-12-21(25)16-23(19(4)29)27(31)33-6-2/h7-16H,5-6,17H2,1-4H3/b22-15-,23-16-. The third-order valence-electron chi connectivity index (χ3n) is 4.62. The van der Waals surface area contributed by atoms with E-state index < -0.39 is 23.5 Å². The predicted molar refractivity (Wildman–Crippen MR) is 130 cm³/mol. The fourth-order valence-electron chi connectivity index (χ4n) is 2.96. The number of ether oxygens (including phenoxy) is 4. The van der Waals surface area contributed by atoms with Gasteiger partial charge in [-0.25, -0.2) is 9.59 Å². The van der Waals surface area contributed by atoms with Crippen LogP contribution in [0.3, 0.4) is 0 Å². The Morgan fingerprint density at radius 2 is 1.03 bits per heavy atom. The molecule has 184 valence electrons. The van der Waals surface area contributed by atoms with Crippen molar-refractivity contribution < 1.29 is 38.1 Å². The molecule has 8 nitrogen and oxygen atoms in total. The first kappa shape index (κ1) is 27.0. The molecule has 2 rings (SSSR count). The summed E-state index contributed by atoms with van der Waals surface area (Å²) >= 11 is 0. The minimum Gasteiger partial charge on any atom is -0.462 e. The van der Waals surface area contributed by atoms with Gasteiger partial charge in [-0.2, -0.15) is 0 Å². The Morgan fingerprint density at radius 1 is 0.657 bits per heavy atom. The molecule has 0 heterocycles. The lowest BCUT2D eigenvalue weighted by Gasteiger charge is -2.13. The zero-order valence-corrected chi connectivity index (χ0v) is 20.2. The fourth-order valence-corrected chi connectivity index (χ4v) is 2.96. The van der Waals surface area contributed by atoms with E-state index in [1.54, 1.807) is 62.4 Å². The molecular formula is C27H28O8. The SMILES string of the molecule is CCOC(=O)/C(=C\c1ccccc1OCOc1ccccc1/C=C(/C(C)=O)C(=O)OCC)C(C)=O. The number of rotatable bonds is 12. The second-order valence-electron chi connectivity index (χ2n) is 7.15. The van der Waals surface area contributed by atoms with Crippen LogP contribution in [0.2, 0.25) is 0 Å².